The molecular weight excluding hydrogens is 456 g/mol. The van der Waals surface area contributed by atoms with E-state index in [9.17, 15) is 4.79 Å². The zero-order valence-electron chi connectivity index (χ0n) is 20.8. The first-order valence-electron chi connectivity index (χ1n) is 12.0. The second-order valence-corrected chi connectivity index (χ2v) is 14.2. The van der Waals surface area contributed by atoms with Gasteiger partial charge in [-0.25, -0.2) is 4.79 Å². The van der Waals surface area contributed by atoms with Gasteiger partial charge in [-0.05, 0) is 27.5 Å². The smallest absolute Gasteiger partial charge is 0.338 e. The van der Waals surface area contributed by atoms with E-state index in [4.69, 9.17) is 18.6 Å². The summed E-state index contributed by atoms with van der Waals surface area (Å²) in [4.78, 5) is 12.6. The SMILES string of the molecule is CO[C@H]1[C@@H](CO[Si](c2ccccc2)(c2ccccc2)C(C)(C)C)OC[C@H]1OC(=O)c1ccccc1. The fourth-order valence-electron chi connectivity index (χ4n) is 4.94. The van der Waals surface area contributed by atoms with Crippen LogP contribution in [-0.4, -0.2) is 52.9 Å². The molecular formula is C29H34O5Si. The summed E-state index contributed by atoms with van der Waals surface area (Å²) in [5, 5.41) is 2.27. The Labute approximate surface area is 209 Å². The molecule has 1 saturated heterocycles. The van der Waals surface area contributed by atoms with Crippen LogP contribution in [0, 0.1) is 0 Å². The molecule has 0 aromatic heterocycles. The summed E-state index contributed by atoms with van der Waals surface area (Å²) in [6, 6.07) is 30.0. The van der Waals surface area contributed by atoms with E-state index in [0.717, 1.165) is 0 Å². The average molecular weight is 491 g/mol. The predicted octanol–water partition coefficient (Wildman–Crippen LogP) is 4.20. The van der Waals surface area contributed by atoms with Crippen molar-refractivity contribution in [2.45, 2.75) is 44.1 Å². The predicted molar refractivity (Wildman–Crippen MR) is 140 cm³/mol. The van der Waals surface area contributed by atoms with Gasteiger partial charge in [0, 0.05) is 7.11 Å². The van der Waals surface area contributed by atoms with Crippen LogP contribution in [0.1, 0.15) is 31.1 Å². The van der Waals surface area contributed by atoms with Crippen LogP contribution in [0.3, 0.4) is 0 Å². The van der Waals surface area contributed by atoms with E-state index in [1.165, 1.54) is 10.4 Å². The van der Waals surface area contributed by atoms with E-state index in [1.54, 1.807) is 19.2 Å². The molecule has 1 fully saturated rings. The van der Waals surface area contributed by atoms with Crippen molar-refractivity contribution in [2.24, 2.45) is 0 Å². The molecule has 1 aliphatic heterocycles. The number of ether oxygens (including phenoxy) is 3. The summed E-state index contributed by atoms with van der Waals surface area (Å²) in [7, 11) is -1.09. The topological polar surface area (TPSA) is 54.0 Å². The Hall–Kier alpha value is -2.77. The lowest BCUT2D eigenvalue weighted by Crippen LogP contribution is -2.67. The first-order chi connectivity index (χ1) is 16.9. The third-order valence-corrected chi connectivity index (χ3v) is 11.6. The molecule has 0 unspecified atom stereocenters. The molecule has 1 aliphatic rings. The molecule has 6 heteroatoms. The van der Waals surface area contributed by atoms with Crippen LogP contribution in [0.4, 0.5) is 0 Å². The van der Waals surface area contributed by atoms with E-state index >= 15 is 0 Å². The second-order valence-electron chi connectivity index (χ2n) is 9.86. The van der Waals surface area contributed by atoms with Crippen molar-refractivity contribution in [3.8, 4) is 0 Å². The normalized spacial score (nSPS) is 20.5. The minimum atomic E-state index is -2.71. The number of esters is 1. The number of benzene rings is 3. The van der Waals surface area contributed by atoms with Crippen LogP contribution in [0.5, 0.6) is 0 Å². The lowest BCUT2D eigenvalue weighted by molar-refractivity contribution is -0.0372. The van der Waals surface area contributed by atoms with Crippen molar-refractivity contribution >= 4 is 24.7 Å². The molecule has 0 bridgehead atoms. The number of hydrogen-bond acceptors (Lipinski definition) is 5. The molecule has 184 valence electrons. The largest absolute Gasteiger partial charge is 0.453 e. The Kier molecular flexibility index (Phi) is 7.87. The minimum Gasteiger partial charge on any atom is -0.453 e. The molecule has 0 aliphatic carbocycles. The summed E-state index contributed by atoms with van der Waals surface area (Å²) in [5.41, 5.74) is 0.509. The van der Waals surface area contributed by atoms with Gasteiger partial charge in [0.15, 0.2) is 6.10 Å². The summed E-state index contributed by atoms with van der Waals surface area (Å²) in [6.45, 7) is 7.34. The highest BCUT2D eigenvalue weighted by Crippen LogP contribution is 2.37. The van der Waals surface area contributed by atoms with Crippen LogP contribution in [0.25, 0.3) is 0 Å². The first-order valence-corrected chi connectivity index (χ1v) is 13.9. The number of carbonyl (C=O) groups excluding carboxylic acids is 1. The zero-order chi connectivity index (χ0) is 24.9. The highest BCUT2D eigenvalue weighted by molar-refractivity contribution is 6.99. The van der Waals surface area contributed by atoms with Gasteiger partial charge in [-0.2, -0.15) is 0 Å². The molecule has 0 radical (unpaired) electrons. The molecule has 0 amide bonds. The van der Waals surface area contributed by atoms with Gasteiger partial charge in [-0.15, -0.1) is 0 Å². The van der Waals surface area contributed by atoms with Crippen LogP contribution < -0.4 is 10.4 Å². The van der Waals surface area contributed by atoms with Gasteiger partial charge >= 0.3 is 5.97 Å². The van der Waals surface area contributed by atoms with E-state index in [0.29, 0.717) is 12.2 Å². The van der Waals surface area contributed by atoms with Crippen molar-refractivity contribution in [2.75, 3.05) is 20.3 Å². The molecule has 3 aromatic carbocycles. The van der Waals surface area contributed by atoms with E-state index in [1.807, 2.05) is 30.3 Å². The molecule has 0 spiro atoms. The van der Waals surface area contributed by atoms with Crippen LogP contribution in [0.2, 0.25) is 5.04 Å². The summed E-state index contributed by atoms with van der Waals surface area (Å²) in [5.74, 6) is -0.380. The van der Waals surface area contributed by atoms with Gasteiger partial charge < -0.3 is 18.6 Å². The minimum absolute atomic E-state index is 0.143. The Morgan fingerprint density at radius 2 is 1.40 bits per heavy atom. The van der Waals surface area contributed by atoms with Gasteiger partial charge in [0.25, 0.3) is 8.32 Å². The Bertz CT molecular complexity index is 1040. The highest BCUT2D eigenvalue weighted by Gasteiger charge is 2.51. The lowest BCUT2D eigenvalue weighted by Gasteiger charge is -2.43. The van der Waals surface area contributed by atoms with Crippen LogP contribution >= 0.6 is 0 Å². The Morgan fingerprint density at radius 1 is 0.886 bits per heavy atom. The standard InChI is InChI=1S/C29H34O5Si/c1-29(2,3)35(23-16-10-6-11-17-23,24-18-12-7-13-19-24)33-21-25-27(31-4)26(20-32-25)34-28(30)22-14-8-5-9-15-22/h5-19,25-27H,20-21H2,1-4H3/t25-,26-,27+/m1/s1. The Balaban J connectivity index is 1.58. The zero-order valence-corrected chi connectivity index (χ0v) is 21.8. The van der Waals surface area contributed by atoms with Crippen molar-refractivity contribution in [3.63, 3.8) is 0 Å². The summed E-state index contributed by atoms with van der Waals surface area (Å²) >= 11 is 0. The summed E-state index contributed by atoms with van der Waals surface area (Å²) < 4.78 is 24.6. The van der Waals surface area contributed by atoms with E-state index in [-0.39, 0.29) is 23.7 Å². The molecule has 3 aromatic rings. The number of hydrogen-bond donors (Lipinski definition) is 0. The van der Waals surface area contributed by atoms with E-state index in [2.05, 4.69) is 69.3 Å². The maximum absolute atomic E-state index is 12.6. The monoisotopic (exact) mass is 490 g/mol. The third-order valence-electron chi connectivity index (χ3n) is 6.63. The highest BCUT2D eigenvalue weighted by atomic mass is 28.4. The number of methoxy groups -OCH3 is 1. The molecule has 5 nitrogen and oxygen atoms in total. The molecule has 35 heavy (non-hydrogen) atoms. The van der Waals surface area contributed by atoms with Crippen molar-refractivity contribution < 1.29 is 23.4 Å². The second kappa shape index (κ2) is 10.9. The quantitative estimate of drug-likeness (QED) is 0.350. The summed E-state index contributed by atoms with van der Waals surface area (Å²) in [6.07, 6.45) is -1.27. The van der Waals surface area contributed by atoms with Gasteiger partial charge in [-0.3, -0.25) is 0 Å². The molecule has 1 heterocycles. The lowest BCUT2D eigenvalue weighted by atomic mass is 10.1. The maximum Gasteiger partial charge on any atom is 0.338 e. The number of rotatable bonds is 8. The maximum atomic E-state index is 12.6. The van der Waals surface area contributed by atoms with Crippen molar-refractivity contribution in [1.29, 1.82) is 0 Å². The van der Waals surface area contributed by atoms with Crippen molar-refractivity contribution in [1.82, 2.24) is 0 Å². The van der Waals surface area contributed by atoms with Gasteiger partial charge in [0.1, 0.15) is 12.2 Å². The third kappa shape index (κ3) is 5.26. The average Bonchev–Trinajstić information content (AvgIpc) is 3.26. The number of carbonyl (C=O) groups is 1. The first kappa shape index (κ1) is 25.3. The Morgan fingerprint density at radius 3 is 1.89 bits per heavy atom. The fraction of sp³-hybridized carbons (Fsp3) is 0.345. The van der Waals surface area contributed by atoms with Crippen molar-refractivity contribution in [3.05, 3.63) is 96.6 Å². The fourth-order valence-corrected chi connectivity index (χ4v) is 9.51. The van der Waals surface area contributed by atoms with E-state index < -0.39 is 20.5 Å². The molecule has 0 N–H and O–H groups in total. The van der Waals surface area contributed by atoms with Crippen LogP contribution in [-0.2, 0) is 18.6 Å². The molecule has 0 saturated carbocycles. The van der Waals surface area contributed by atoms with Gasteiger partial charge in [0.2, 0.25) is 0 Å². The van der Waals surface area contributed by atoms with Gasteiger partial charge in [-0.1, -0.05) is 99.6 Å². The molecule has 3 atom stereocenters. The molecule has 4 rings (SSSR count). The van der Waals surface area contributed by atoms with Crippen LogP contribution in [0.15, 0.2) is 91.0 Å². The van der Waals surface area contributed by atoms with Gasteiger partial charge in [0.05, 0.1) is 18.8 Å².